The summed E-state index contributed by atoms with van der Waals surface area (Å²) in [5.74, 6) is -0.325. The third-order valence-electron chi connectivity index (χ3n) is 5.47. The summed E-state index contributed by atoms with van der Waals surface area (Å²) in [6.07, 6.45) is 14.9. The van der Waals surface area contributed by atoms with Crippen molar-refractivity contribution in [3.63, 3.8) is 0 Å². The van der Waals surface area contributed by atoms with E-state index < -0.39 is 12.2 Å². The molecule has 0 fully saturated rings. The monoisotopic (exact) mass is 473 g/mol. The lowest BCUT2D eigenvalue weighted by Crippen LogP contribution is -2.40. The molecule has 2 N–H and O–H groups in total. The maximum absolute atomic E-state index is 10.9. The van der Waals surface area contributed by atoms with E-state index in [9.17, 15) is 9.90 Å². The minimum absolute atomic E-state index is 0.0636. The zero-order chi connectivity index (χ0) is 24.2. The smallest absolute Gasteiger partial charge is 0.317 e. The van der Waals surface area contributed by atoms with E-state index in [4.69, 9.17) is 9.84 Å². The van der Waals surface area contributed by atoms with Gasteiger partial charge in [-0.2, -0.15) is 0 Å². The molecule has 2 aliphatic carbocycles. The van der Waals surface area contributed by atoms with Gasteiger partial charge in [-0.25, -0.2) is 0 Å². The lowest BCUT2D eigenvalue weighted by Gasteiger charge is -2.29. The molecule has 0 aromatic heterocycles. The molecule has 0 aliphatic heterocycles. The fourth-order valence-electron chi connectivity index (χ4n) is 3.66. The van der Waals surface area contributed by atoms with Gasteiger partial charge in [0.15, 0.2) is 0 Å². The molecule has 2 aliphatic rings. The molecule has 0 spiro atoms. The van der Waals surface area contributed by atoms with Crippen LogP contribution in [0.3, 0.4) is 0 Å². The highest BCUT2D eigenvalue weighted by atomic mass is 32.2. The van der Waals surface area contributed by atoms with E-state index in [-0.39, 0.29) is 18.6 Å². The van der Waals surface area contributed by atoms with Gasteiger partial charge in [0.25, 0.3) is 0 Å². The quantitative estimate of drug-likeness (QED) is 0.227. The van der Waals surface area contributed by atoms with Crippen LogP contribution in [0.25, 0.3) is 0 Å². The minimum Gasteiger partial charge on any atom is -0.480 e. The second kappa shape index (κ2) is 14.1. The Bertz CT molecular complexity index is 847. The van der Waals surface area contributed by atoms with Crippen molar-refractivity contribution in [2.75, 3.05) is 39.7 Å². The molecule has 180 valence electrons. The number of carboxylic acid groups (broad SMARTS) is 1. The number of carbonyl (C=O) groups is 1. The summed E-state index contributed by atoms with van der Waals surface area (Å²) in [5, 5.41) is 21.3. The Labute approximate surface area is 201 Å². The van der Waals surface area contributed by atoms with Crippen LogP contribution in [-0.2, 0) is 9.53 Å². The summed E-state index contributed by atoms with van der Waals surface area (Å²) in [6, 6.07) is 0. The first-order valence-corrected chi connectivity index (χ1v) is 11.9. The maximum atomic E-state index is 10.9. The first kappa shape index (κ1) is 27.0. The van der Waals surface area contributed by atoms with Crippen LogP contribution in [0.5, 0.6) is 0 Å². The van der Waals surface area contributed by atoms with Crippen LogP contribution in [0.2, 0.25) is 0 Å². The zero-order valence-electron chi connectivity index (χ0n) is 19.5. The summed E-state index contributed by atoms with van der Waals surface area (Å²) < 4.78 is 5.43. The Hall–Kier alpha value is -2.23. The molecule has 7 nitrogen and oxygen atoms in total. The molecule has 0 aromatic carbocycles. The van der Waals surface area contributed by atoms with Crippen molar-refractivity contribution in [2.24, 2.45) is 10.9 Å². The summed E-state index contributed by atoms with van der Waals surface area (Å²) in [4.78, 5) is 18.8. The number of methoxy groups -OCH3 is 1. The number of aliphatic carboxylic acids is 1. The molecule has 0 saturated carbocycles. The number of aliphatic hydroxyl groups excluding tert-OH is 1. The largest absolute Gasteiger partial charge is 0.480 e. The molecule has 33 heavy (non-hydrogen) atoms. The van der Waals surface area contributed by atoms with E-state index in [0.29, 0.717) is 6.42 Å². The van der Waals surface area contributed by atoms with Crippen molar-refractivity contribution in [3.05, 3.63) is 71.4 Å². The molecule has 0 bridgehead atoms. The lowest BCUT2D eigenvalue weighted by atomic mass is 9.94. The summed E-state index contributed by atoms with van der Waals surface area (Å²) >= 11 is 1.65. The molecular formula is C25H35N3O4S. The molecule has 0 heterocycles. The van der Waals surface area contributed by atoms with E-state index in [1.54, 1.807) is 25.9 Å². The number of likely N-dealkylation sites (N-methyl/N-ethyl adjacent to an activating group) is 1. The fraction of sp³-hybridized carbons (Fsp3) is 0.440. The number of ether oxygens (including phenoxy) is 1. The van der Waals surface area contributed by atoms with Crippen LogP contribution in [0.1, 0.15) is 12.8 Å². The molecule has 3 unspecified atom stereocenters. The van der Waals surface area contributed by atoms with E-state index in [2.05, 4.69) is 47.5 Å². The number of thioether (sulfide) groups is 1. The van der Waals surface area contributed by atoms with Gasteiger partial charge in [0.1, 0.15) is 6.23 Å². The Morgan fingerprint density at radius 2 is 2.21 bits per heavy atom. The van der Waals surface area contributed by atoms with Gasteiger partial charge in [0.05, 0.1) is 18.3 Å². The predicted octanol–water partition coefficient (Wildman–Crippen LogP) is 3.45. The van der Waals surface area contributed by atoms with E-state index in [1.807, 2.05) is 23.6 Å². The lowest BCUT2D eigenvalue weighted by molar-refractivity contribution is -0.141. The predicted molar refractivity (Wildman–Crippen MR) is 136 cm³/mol. The molecule has 0 aromatic rings. The van der Waals surface area contributed by atoms with Crippen LogP contribution in [0.15, 0.2) is 76.4 Å². The molecule has 2 rings (SSSR count). The van der Waals surface area contributed by atoms with Gasteiger partial charge in [-0.05, 0) is 49.2 Å². The highest BCUT2D eigenvalue weighted by Crippen LogP contribution is 2.25. The van der Waals surface area contributed by atoms with Crippen molar-refractivity contribution in [2.45, 2.75) is 25.2 Å². The second-order valence-corrected chi connectivity index (χ2v) is 8.88. The molecular weight excluding hydrogens is 438 g/mol. The molecule has 8 heteroatoms. The number of carboxylic acids is 1. The minimum atomic E-state index is -0.955. The number of rotatable bonds is 14. The number of hydrogen-bond donors (Lipinski definition) is 2. The average Bonchev–Trinajstić information content (AvgIpc) is 2.81. The van der Waals surface area contributed by atoms with E-state index >= 15 is 0 Å². The van der Waals surface area contributed by atoms with Crippen molar-refractivity contribution >= 4 is 24.4 Å². The highest BCUT2D eigenvalue weighted by Gasteiger charge is 2.23. The number of aliphatic imine (C=N–C) groups is 1. The van der Waals surface area contributed by atoms with Gasteiger partial charge in [-0.1, -0.05) is 36.5 Å². The van der Waals surface area contributed by atoms with Crippen molar-refractivity contribution < 1.29 is 19.7 Å². The van der Waals surface area contributed by atoms with Crippen molar-refractivity contribution in [1.82, 2.24) is 9.80 Å². The van der Waals surface area contributed by atoms with Crippen LogP contribution in [0.4, 0.5) is 0 Å². The highest BCUT2D eigenvalue weighted by molar-refractivity contribution is 8.02. The standard InChI is InChI=1S/C25H35N3O4S/c1-5-13-28(18-33-17-23(26-2)21-7-6-8-22(14-21)32-4)15-19-9-11-20(12-10-19)25(31)27(3)16-24(29)30/h5-7,9-11,14,17,20,22,25,31H,1-2,8,12-13,15-16,18H2,3-4H3,(H,29,30)/b23-17-. The summed E-state index contributed by atoms with van der Waals surface area (Å²) in [5.41, 5.74) is 3.01. The second-order valence-electron chi connectivity index (χ2n) is 8.05. The van der Waals surface area contributed by atoms with Crippen LogP contribution in [0, 0.1) is 5.92 Å². The topological polar surface area (TPSA) is 85.6 Å². The van der Waals surface area contributed by atoms with Gasteiger partial charge in [-0.3, -0.25) is 19.6 Å². The SMILES string of the molecule is C=CCN(CS/C=C(\N=C)C1=CC(OC)CC=C1)CC1=CCC(C(O)N(C)CC(=O)O)C=C1. The third-order valence-corrected chi connectivity index (χ3v) is 6.38. The first-order valence-electron chi connectivity index (χ1n) is 10.9. The molecule has 3 atom stereocenters. The number of hydrogen-bond acceptors (Lipinski definition) is 7. The zero-order valence-corrected chi connectivity index (χ0v) is 20.3. The first-order chi connectivity index (χ1) is 15.9. The van der Waals surface area contributed by atoms with Crippen molar-refractivity contribution in [3.8, 4) is 0 Å². The van der Waals surface area contributed by atoms with Gasteiger partial charge in [-0.15, -0.1) is 18.3 Å². The molecule has 0 radical (unpaired) electrons. The van der Waals surface area contributed by atoms with Gasteiger partial charge in [0.2, 0.25) is 0 Å². The van der Waals surface area contributed by atoms with Gasteiger partial charge >= 0.3 is 5.97 Å². The Morgan fingerprint density at radius 3 is 2.82 bits per heavy atom. The van der Waals surface area contributed by atoms with E-state index in [0.717, 1.165) is 42.2 Å². The number of nitrogens with zero attached hydrogens (tertiary/aromatic N) is 3. The maximum Gasteiger partial charge on any atom is 0.317 e. The van der Waals surface area contributed by atoms with Crippen LogP contribution >= 0.6 is 11.8 Å². The summed E-state index contributed by atoms with van der Waals surface area (Å²) in [7, 11) is 3.32. The fourth-order valence-corrected chi connectivity index (χ4v) is 4.51. The average molecular weight is 474 g/mol. The van der Waals surface area contributed by atoms with Crippen LogP contribution in [-0.4, -0.2) is 84.7 Å². The summed E-state index contributed by atoms with van der Waals surface area (Å²) in [6.45, 7) is 8.88. The Morgan fingerprint density at radius 1 is 1.42 bits per heavy atom. The normalized spacial score (nSPS) is 21.7. The third kappa shape index (κ3) is 8.91. The van der Waals surface area contributed by atoms with Gasteiger partial charge < -0.3 is 14.9 Å². The Balaban J connectivity index is 1.92. The molecule has 0 amide bonds. The number of allylic oxidation sites excluding steroid dienone is 2. The number of aliphatic hydroxyl groups is 1. The van der Waals surface area contributed by atoms with Crippen LogP contribution < -0.4 is 0 Å². The van der Waals surface area contributed by atoms with E-state index in [1.165, 1.54) is 4.90 Å². The van der Waals surface area contributed by atoms with Gasteiger partial charge in [0, 0.05) is 32.0 Å². The molecule has 0 saturated heterocycles. The Kier molecular flexibility index (Phi) is 11.6. The van der Waals surface area contributed by atoms with Crippen molar-refractivity contribution in [1.29, 1.82) is 0 Å².